The van der Waals surface area contributed by atoms with E-state index in [9.17, 15) is 9.59 Å². The number of benzene rings is 1. The van der Waals surface area contributed by atoms with Gasteiger partial charge >= 0.3 is 0 Å². The van der Waals surface area contributed by atoms with Gasteiger partial charge in [0, 0.05) is 0 Å². The van der Waals surface area contributed by atoms with Crippen LogP contribution in [0.2, 0.25) is 0 Å². The molecule has 21 heavy (non-hydrogen) atoms. The van der Waals surface area contributed by atoms with E-state index >= 15 is 0 Å². The van der Waals surface area contributed by atoms with Gasteiger partial charge in [-0.3, -0.25) is 20.0 Å². The maximum absolute atomic E-state index is 10.3. The molecule has 1 aromatic carbocycles. The third-order valence-corrected chi connectivity index (χ3v) is 2.79. The van der Waals surface area contributed by atoms with E-state index in [0.717, 1.165) is 24.0 Å². The number of rotatable bonds is 3. The van der Waals surface area contributed by atoms with E-state index in [0.29, 0.717) is 5.69 Å². The zero-order valence-corrected chi connectivity index (χ0v) is 12.1. The summed E-state index contributed by atoms with van der Waals surface area (Å²) in [5.41, 5.74) is 2.56. The Morgan fingerprint density at radius 2 is 1.52 bits per heavy atom. The highest BCUT2D eigenvalue weighted by atomic mass is 16.8. The Bertz CT molecular complexity index is 536. The Kier molecular flexibility index (Phi) is 6.52. The number of ketones is 2. The fourth-order valence-corrected chi connectivity index (χ4v) is 1.82. The highest BCUT2D eigenvalue weighted by molar-refractivity contribution is 6.14. The molecule has 0 bridgehead atoms. The van der Waals surface area contributed by atoms with Crippen LogP contribution in [0.1, 0.15) is 24.5 Å². The molecule has 0 spiro atoms. The molecule has 0 unspecified atom stereocenters. The van der Waals surface area contributed by atoms with E-state index in [4.69, 9.17) is 10.4 Å². The van der Waals surface area contributed by atoms with Crippen LogP contribution in [0.4, 0.5) is 5.69 Å². The fourth-order valence-electron chi connectivity index (χ4n) is 1.82. The van der Waals surface area contributed by atoms with Gasteiger partial charge in [-0.05, 0) is 49.3 Å². The average Bonchev–Trinajstić information content (AvgIpc) is 2.43. The summed E-state index contributed by atoms with van der Waals surface area (Å²) in [4.78, 5) is 20.6. The minimum Gasteiger partial charge on any atom is -0.290 e. The third-order valence-electron chi connectivity index (χ3n) is 2.79. The Morgan fingerprint density at radius 1 is 1.00 bits per heavy atom. The number of hydrogen-bond acceptors (Lipinski definition) is 5. The summed E-state index contributed by atoms with van der Waals surface area (Å²) in [7, 11) is 0. The van der Waals surface area contributed by atoms with Crippen molar-refractivity contribution in [3.63, 3.8) is 0 Å². The van der Waals surface area contributed by atoms with Crippen LogP contribution in [-0.4, -0.2) is 22.0 Å². The lowest BCUT2D eigenvalue weighted by molar-refractivity contribution is -0.113. The van der Waals surface area contributed by atoms with Gasteiger partial charge < -0.3 is 0 Å². The lowest BCUT2D eigenvalue weighted by Crippen LogP contribution is -2.13. The van der Waals surface area contributed by atoms with Gasteiger partial charge in [-0.1, -0.05) is 31.0 Å². The monoisotopic (exact) mass is 289 g/mol. The van der Waals surface area contributed by atoms with Crippen molar-refractivity contribution in [2.75, 3.05) is 5.23 Å². The molecule has 1 aliphatic carbocycles. The van der Waals surface area contributed by atoms with Gasteiger partial charge in [0.15, 0.2) is 11.6 Å². The summed E-state index contributed by atoms with van der Waals surface area (Å²) in [5.74, 6) is -0.241. The molecule has 2 N–H and O–H groups in total. The number of nitrogens with zero attached hydrogens (tertiary/aromatic N) is 1. The molecular weight excluding hydrogens is 270 g/mol. The van der Waals surface area contributed by atoms with Crippen LogP contribution < -0.4 is 5.23 Å². The van der Waals surface area contributed by atoms with E-state index < -0.39 is 0 Å². The molecule has 0 heterocycles. The molecule has 0 atom stereocenters. The first-order valence-electron chi connectivity index (χ1n) is 6.65. The minimum absolute atomic E-state index is 0.121. The van der Waals surface area contributed by atoms with E-state index in [-0.39, 0.29) is 16.8 Å². The predicted molar refractivity (Wildman–Crippen MR) is 79.5 cm³/mol. The molecule has 0 aliphatic heterocycles. The number of allylic oxidation sites excluding steroid dienone is 4. The van der Waals surface area contributed by atoms with Crippen molar-refractivity contribution in [1.82, 2.24) is 0 Å². The normalized spacial score (nSPS) is 13.0. The summed E-state index contributed by atoms with van der Waals surface area (Å²) in [6, 6.07) is 5.53. The molecule has 0 saturated heterocycles. The summed E-state index contributed by atoms with van der Waals surface area (Å²) >= 11 is 0. The number of carbonyl (C=O) groups excluding carboxylic acids is 2. The Hall–Kier alpha value is -2.24. The first-order chi connectivity index (χ1) is 9.93. The molecule has 2 rings (SSSR count). The minimum atomic E-state index is -0.121. The molecular formula is C16H19NO4. The number of anilines is 1. The van der Waals surface area contributed by atoms with Crippen LogP contribution in [0, 0.1) is 6.92 Å². The molecule has 5 nitrogen and oxygen atoms in total. The van der Waals surface area contributed by atoms with Gasteiger partial charge in [-0.15, -0.1) is 5.23 Å². The van der Waals surface area contributed by atoms with Crippen LogP contribution in [0.25, 0.3) is 0 Å². The van der Waals surface area contributed by atoms with Crippen molar-refractivity contribution in [1.29, 1.82) is 0 Å². The van der Waals surface area contributed by atoms with Gasteiger partial charge in [-0.2, -0.15) is 0 Å². The average molecular weight is 289 g/mol. The van der Waals surface area contributed by atoms with Crippen LogP contribution in [-0.2, 0) is 16.0 Å². The molecule has 0 aromatic heterocycles. The fraction of sp³-hybridized carbons (Fsp3) is 0.250. The number of aryl methyl sites for hydroxylation is 2. The van der Waals surface area contributed by atoms with Crippen molar-refractivity contribution in [3.05, 3.63) is 53.6 Å². The maximum Gasteiger partial charge on any atom is 0.178 e. The molecule has 5 heteroatoms. The quantitative estimate of drug-likeness (QED) is 0.661. The maximum atomic E-state index is 10.3. The second-order valence-electron chi connectivity index (χ2n) is 4.64. The Balaban J connectivity index is 0.000000235. The summed E-state index contributed by atoms with van der Waals surface area (Å²) in [6.45, 7) is 4.05. The number of hydrogen-bond donors (Lipinski definition) is 2. The summed E-state index contributed by atoms with van der Waals surface area (Å²) in [6.07, 6.45) is 6.86. The first kappa shape index (κ1) is 16.8. The van der Waals surface area contributed by atoms with Crippen LogP contribution in [0.3, 0.4) is 0 Å². The van der Waals surface area contributed by atoms with Gasteiger partial charge in [-0.25, -0.2) is 0 Å². The van der Waals surface area contributed by atoms with Crippen LogP contribution >= 0.6 is 0 Å². The molecule has 0 fully saturated rings. The molecule has 0 saturated carbocycles. The Labute approximate surface area is 123 Å². The van der Waals surface area contributed by atoms with Crippen molar-refractivity contribution in [3.8, 4) is 0 Å². The SMILES string of the molecule is CCCc1cc(C)ccc1N(O)O.O=C1C=CC(=O)C=C1. The highest BCUT2D eigenvalue weighted by Gasteiger charge is 2.06. The van der Waals surface area contributed by atoms with Crippen molar-refractivity contribution >= 4 is 17.3 Å². The van der Waals surface area contributed by atoms with Crippen LogP contribution in [0.15, 0.2) is 42.5 Å². The lowest BCUT2D eigenvalue weighted by Gasteiger charge is -2.13. The second kappa shape index (κ2) is 8.14. The van der Waals surface area contributed by atoms with Crippen molar-refractivity contribution in [2.24, 2.45) is 0 Å². The first-order valence-corrected chi connectivity index (χ1v) is 6.65. The third kappa shape index (κ3) is 5.72. The lowest BCUT2D eigenvalue weighted by atomic mass is 10.1. The highest BCUT2D eigenvalue weighted by Crippen LogP contribution is 2.20. The Morgan fingerprint density at radius 3 is 1.95 bits per heavy atom. The summed E-state index contributed by atoms with van der Waals surface area (Å²) in [5, 5.41) is 18.0. The van der Waals surface area contributed by atoms with E-state index in [1.807, 2.05) is 19.1 Å². The largest absolute Gasteiger partial charge is 0.290 e. The molecule has 0 radical (unpaired) electrons. The molecule has 112 valence electrons. The predicted octanol–water partition coefficient (Wildman–Crippen LogP) is 2.78. The van der Waals surface area contributed by atoms with Crippen molar-refractivity contribution < 1.29 is 20.0 Å². The summed E-state index contributed by atoms with van der Waals surface area (Å²) < 4.78 is 0. The molecule has 1 aliphatic rings. The van der Waals surface area contributed by atoms with Gasteiger partial charge in [0.25, 0.3) is 0 Å². The smallest absolute Gasteiger partial charge is 0.178 e. The van der Waals surface area contributed by atoms with Crippen LogP contribution in [0.5, 0.6) is 0 Å². The molecule has 1 aromatic rings. The zero-order chi connectivity index (χ0) is 15.8. The van der Waals surface area contributed by atoms with Gasteiger partial charge in [0.05, 0.1) is 5.69 Å². The van der Waals surface area contributed by atoms with Gasteiger partial charge in [0.1, 0.15) is 0 Å². The second-order valence-corrected chi connectivity index (χ2v) is 4.64. The van der Waals surface area contributed by atoms with Gasteiger partial charge in [0.2, 0.25) is 0 Å². The zero-order valence-electron chi connectivity index (χ0n) is 12.1. The van der Waals surface area contributed by atoms with E-state index in [1.54, 1.807) is 6.07 Å². The topological polar surface area (TPSA) is 77.8 Å². The van der Waals surface area contributed by atoms with Crippen molar-refractivity contribution in [2.45, 2.75) is 26.7 Å². The molecule has 0 amide bonds. The van der Waals surface area contributed by atoms with E-state index in [1.165, 1.54) is 24.3 Å². The number of carbonyl (C=O) groups is 2. The van der Waals surface area contributed by atoms with E-state index in [2.05, 4.69) is 6.92 Å². The standard InChI is InChI=1S/C10H15NO2.C6H4O2/c1-3-4-9-7-8(2)5-6-10(9)11(12)13;7-5-1-2-6(8)4-3-5/h5-7,12-13H,3-4H2,1-2H3;1-4H.